The van der Waals surface area contributed by atoms with E-state index in [-0.39, 0.29) is 17.6 Å². The number of Topliss-reactive ketones (excluding diaryl/α,β-unsaturated/α-hetero) is 1. The summed E-state index contributed by atoms with van der Waals surface area (Å²) in [5.41, 5.74) is 4.48. The van der Waals surface area contributed by atoms with Gasteiger partial charge in [0.05, 0.1) is 6.20 Å². The van der Waals surface area contributed by atoms with Gasteiger partial charge in [-0.1, -0.05) is 53.7 Å². The number of hydrogen-bond acceptors (Lipinski definition) is 4. The molecule has 6 heteroatoms. The van der Waals surface area contributed by atoms with Crippen molar-refractivity contribution < 1.29 is 9.59 Å². The average Bonchev–Trinajstić information content (AvgIpc) is 3.23. The summed E-state index contributed by atoms with van der Waals surface area (Å²) >= 11 is 1.52. The summed E-state index contributed by atoms with van der Waals surface area (Å²) in [6.45, 7) is 5.18. The van der Waals surface area contributed by atoms with E-state index in [9.17, 15) is 9.59 Å². The maximum Gasteiger partial charge on any atom is 0.272 e. The van der Waals surface area contributed by atoms with Crippen LogP contribution in [0.2, 0.25) is 0 Å². The number of benzene rings is 2. The second-order valence-corrected chi connectivity index (χ2v) is 8.82. The molecule has 5 nitrogen and oxygen atoms in total. The lowest BCUT2D eigenvalue weighted by molar-refractivity contribution is 0.0643. The molecular formula is C25H27N3O2S. The van der Waals surface area contributed by atoms with Crippen LogP contribution in [0.4, 0.5) is 0 Å². The van der Waals surface area contributed by atoms with Gasteiger partial charge in [-0.3, -0.25) is 14.2 Å². The van der Waals surface area contributed by atoms with Crippen molar-refractivity contribution in [3.63, 3.8) is 0 Å². The highest BCUT2D eigenvalue weighted by Crippen LogP contribution is 2.27. The van der Waals surface area contributed by atoms with Crippen molar-refractivity contribution in [2.24, 2.45) is 5.92 Å². The quantitative estimate of drug-likeness (QED) is 0.422. The number of carbonyl (C=O) groups is 2. The predicted molar refractivity (Wildman–Crippen MR) is 124 cm³/mol. The Morgan fingerprint density at radius 3 is 2.39 bits per heavy atom. The second-order valence-electron chi connectivity index (χ2n) is 8.05. The van der Waals surface area contributed by atoms with Crippen molar-refractivity contribution in [1.29, 1.82) is 0 Å². The molecule has 0 radical (unpaired) electrons. The summed E-state index contributed by atoms with van der Waals surface area (Å²) in [7, 11) is 0. The first-order valence-corrected chi connectivity index (χ1v) is 11.8. The van der Waals surface area contributed by atoms with E-state index in [1.54, 1.807) is 6.20 Å². The molecule has 0 N–H and O–H groups in total. The Hall–Kier alpha value is -2.86. The molecule has 2 aromatic carbocycles. The Morgan fingerprint density at radius 1 is 1.03 bits per heavy atom. The number of carbonyl (C=O) groups excluding carboxylic acids is 2. The molecule has 0 saturated carbocycles. The van der Waals surface area contributed by atoms with E-state index in [0.29, 0.717) is 31.6 Å². The van der Waals surface area contributed by atoms with E-state index in [4.69, 9.17) is 0 Å². The molecule has 160 valence electrons. The molecule has 0 bridgehead atoms. The van der Waals surface area contributed by atoms with Crippen LogP contribution in [0.1, 0.15) is 44.8 Å². The monoisotopic (exact) mass is 433 g/mol. The first-order chi connectivity index (χ1) is 15.0. The summed E-state index contributed by atoms with van der Waals surface area (Å²) in [6.07, 6.45) is 4.99. The highest BCUT2D eigenvalue weighted by molar-refractivity contribution is 7.98. The second kappa shape index (κ2) is 9.10. The number of hydrogen-bond donors (Lipinski definition) is 0. The number of imidazole rings is 1. The first kappa shape index (κ1) is 21.4. The summed E-state index contributed by atoms with van der Waals surface area (Å²) in [6, 6.07) is 15.8. The van der Waals surface area contributed by atoms with Crippen LogP contribution in [0.25, 0.3) is 5.69 Å². The topological polar surface area (TPSA) is 55.2 Å². The third kappa shape index (κ3) is 4.30. The number of amides is 1. The van der Waals surface area contributed by atoms with Gasteiger partial charge in [-0.25, -0.2) is 4.98 Å². The molecule has 31 heavy (non-hydrogen) atoms. The zero-order valence-corrected chi connectivity index (χ0v) is 19.0. The number of likely N-dealkylation sites (tertiary alicyclic amines) is 1. The fourth-order valence-corrected chi connectivity index (χ4v) is 4.82. The molecule has 1 aliphatic heterocycles. The first-order valence-electron chi connectivity index (χ1n) is 10.6. The van der Waals surface area contributed by atoms with Gasteiger partial charge in [-0.05, 0) is 50.6 Å². The Balaban J connectivity index is 1.49. The zero-order valence-electron chi connectivity index (χ0n) is 18.2. The molecule has 1 fully saturated rings. The molecule has 1 amide bonds. The van der Waals surface area contributed by atoms with Gasteiger partial charge in [0, 0.05) is 30.3 Å². The number of nitrogens with zero attached hydrogens (tertiary/aromatic N) is 3. The van der Waals surface area contributed by atoms with Crippen molar-refractivity contribution in [1.82, 2.24) is 14.5 Å². The molecule has 1 aromatic heterocycles. The van der Waals surface area contributed by atoms with Crippen LogP contribution in [0.15, 0.2) is 59.9 Å². The van der Waals surface area contributed by atoms with Crippen LogP contribution in [0.3, 0.4) is 0 Å². The number of thioether (sulfide) groups is 1. The number of aromatic nitrogens is 2. The SMILES string of the molecule is CSc1ncc(C(=O)N2CCC(C(=O)c3ccc(C)cc3C)CC2)n1-c1ccccc1. The van der Waals surface area contributed by atoms with Crippen LogP contribution >= 0.6 is 11.8 Å². The van der Waals surface area contributed by atoms with Crippen LogP contribution in [0.5, 0.6) is 0 Å². The number of rotatable bonds is 5. The Kier molecular flexibility index (Phi) is 6.28. The Labute approximate surface area is 187 Å². The third-order valence-corrected chi connectivity index (χ3v) is 6.60. The lowest BCUT2D eigenvalue weighted by Crippen LogP contribution is -2.41. The van der Waals surface area contributed by atoms with Gasteiger partial charge >= 0.3 is 0 Å². The zero-order chi connectivity index (χ0) is 22.0. The number of aryl methyl sites for hydroxylation is 2. The lowest BCUT2D eigenvalue weighted by Gasteiger charge is -2.31. The van der Waals surface area contributed by atoms with Gasteiger partial charge < -0.3 is 4.90 Å². The van der Waals surface area contributed by atoms with Gasteiger partial charge in [0.15, 0.2) is 10.9 Å². The highest BCUT2D eigenvalue weighted by Gasteiger charge is 2.30. The van der Waals surface area contributed by atoms with Crippen molar-refractivity contribution >= 4 is 23.5 Å². The van der Waals surface area contributed by atoms with Gasteiger partial charge in [-0.15, -0.1) is 0 Å². The summed E-state index contributed by atoms with van der Waals surface area (Å²) in [5, 5.41) is 0.787. The molecule has 1 aliphatic rings. The third-order valence-electron chi connectivity index (χ3n) is 5.95. The predicted octanol–water partition coefficient (Wildman–Crippen LogP) is 4.95. The number of para-hydroxylation sites is 1. The molecule has 0 unspecified atom stereocenters. The minimum absolute atomic E-state index is 0.0333. The minimum atomic E-state index is -0.0359. The molecule has 0 aliphatic carbocycles. The van der Waals surface area contributed by atoms with Gasteiger partial charge in [0.1, 0.15) is 5.69 Å². The molecule has 0 spiro atoms. The fourth-order valence-electron chi connectivity index (χ4n) is 4.27. The molecular weight excluding hydrogens is 406 g/mol. The van der Waals surface area contributed by atoms with Crippen LogP contribution < -0.4 is 0 Å². The Morgan fingerprint density at radius 2 is 1.74 bits per heavy atom. The van der Waals surface area contributed by atoms with Gasteiger partial charge in [-0.2, -0.15) is 0 Å². The summed E-state index contributed by atoms with van der Waals surface area (Å²) in [4.78, 5) is 32.7. The van der Waals surface area contributed by atoms with E-state index in [2.05, 4.69) is 11.1 Å². The molecule has 1 saturated heterocycles. The number of piperidine rings is 1. The molecule has 2 heterocycles. The normalized spacial score (nSPS) is 14.6. The van der Waals surface area contributed by atoms with E-state index >= 15 is 0 Å². The van der Waals surface area contributed by atoms with Gasteiger partial charge in [0.25, 0.3) is 5.91 Å². The van der Waals surface area contributed by atoms with E-state index in [0.717, 1.165) is 27.5 Å². The molecule has 0 atom stereocenters. The maximum atomic E-state index is 13.3. The van der Waals surface area contributed by atoms with Crippen LogP contribution in [0, 0.1) is 19.8 Å². The van der Waals surface area contributed by atoms with Crippen molar-refractivity contribution in [3.05, 3.63) is 77.1 Å². The molecule has 3 aromatic rings. The van der Waals surface area contributed by atoms with Crippen molar-refractivity contribution in [3.8, 4) is 5.69 Å². The molecule has 4 rings (SSSR count). The van der Waals surface area contributed by atoms with Crippen molar-refractivity contribution in [2.45, 2.75) is 31.8 Å². The largest absolute Gasteiger partial charge is 0.337 e. The van der Waals surface area contributed by atoms with Crippen LogP contribution in [-0.4, -0.2) is 45.5 Å². The van der Waals surface area contributed by atoms with Gasteiger partial charge in [0.2, 0.25) is 0 Å². The number of ketones is 1. The fraction of sp³-hybridized carbons (Fsp3) is 0.320. The average molecular weight is 434 g/mol. The highest BCUT2D eigenvalue weighted by atomic mass is 32.2. The lowest BCUT2D eigenvalue weighted by atomic mass is 9.87. The standard InChI is InChI=1S/C25H27N3O2S/c1-17-9-10-21(18(2)15-17)23(29)19-11-13-27(14-12-19)24(30)22-16-26-25(31-3)28(22)20-7-5-4-6-8-20/h4-10,15-16,19H,11-14H2,1-3H3. The van der Waals surface area contributed by atoms with E-state index < -0.39 is 0 Å². The summed E-state index contributed by atoms with van der Waals surface area (Å²) < 4.78 is 1.92. The minimum Gasteiger partial charge on any atom is -0.337 e. The van der Waals surface area contributed by atoms with E-state index in [1.807, 2.05) is 72.0 Å². The van der Waals surface area contributed by atoms with E-state index in [1.165, 1.54) is 11.8 Å². The smallest absolute Gasteiger partial charge is 0.272 e. The summed E-state index contributed by atoms with van der Waals surface area (Å²) in [5.74, 6) is 0.129. The van der Waals surface area contributed by atoms with Crippen molar-refractivity contribution in [2.75, 3.05) is 19.3 Å². The van der Waals surface area contributed by atoms with Crippen LogP contribution in [-0.2, 0) is 0 Å². The Bertz CT molecular complexity index is 1100. The maximum absolute atomic E-state index is 13.3.